The summed E-state index contributed by atoms with van der Waals surface area (Å²) >= 11 is 0. The Morgan fingerprint density at radius 2 is 0.333 bits per heavy atom. The van der Waals surface area contributed by atoms with E-state index in [9.17, 15) is 0 Å². The molecule has 12 rings (SSSR count). The zero-order valence-electron chi connectivity index (χ0n) is 45.3. The summed E-state index contributed by atoms with van der Waals surface area (Å²) in [6, 6.07) is 0. The highest BCUT2D eigenvalue weighted by Crippen LogP contribution is 2.78. The van der Waals surface area contributed by atoms with Crippen molar-refractivity contribution in [3.05, 3.63) is 0 Å². The van der Waals surface area contributed by atoms with Gasteiger partial charge in [0.05, 0.1) is 0 Å². The van der Waals surface area contributed by atoms with Gasteiger partial charge in [0, 0.05) is 0 Å². The van der Waals surface area contributed by atoms with Gasteiger partial charge in [0.2, 0.25) is 0 Å². The van der Waals surface area contributed by atoms with Crippen LogP contribution in [0.3, 0.4) is 0 Å². The van der Waals surface area contributed by atoms with E-state index in [1.54, 1.807) is 0 Å². The fraction of sp³-hybridized carbons (Fsp3) is 1.00. The second-order valence-corrected chi connectivity index (χ2v) is 24.2. The van der Waals surface area contributed by atoms with Crippen molar-refractivity contribution in [1.82, 2.24) is 0 Å². The average Bonchev–Trinajstić information content (AvgIpc) is 3.75. The van der Waals surface area contributed by atoms with Crippen LogP contribution in [0.2, 0.25) is 0 Å². The molecule has 0 amide bonds. The number of hydrogen-bond donors (Lipinski definition) is 0. The lowest BCUT2D eigenvalue weighted by Gasteiger charge is -2.75. The third kappa shape index (κ3) is 11.9. The Kier molecular flexibility index (Phi) is 25.4. The van der Waals surface area contributed by atoms with Crippen LogP contribution in [-0.4, -0.2) is 0 Å². The molecule has 364 valence electrons. The molecule has 0 unspecified atom stereocenters. The molecule has 12 aliphatic rings. The molecule has 0 N–H and O–H groups in total. The van der Waals surface area contributed by atoms with Gasteiger partial charge in [-0.2, -0.15) is 0 Å². The molecule has 0 spiro atoms. The normalized spacial score (nSPS) is 37.6. The molecule has 0 saturated heterocycles. The topological polar surface area (TPSA) is 0 Å². The molecular weight excluding hydrogens is 721 g/mol. The molecule has 12 fully saturated rings. The highest BCUT2D eigenvalue weighted by atomic mass is 14.7. The Balaban J connectivity index is 0. The van der Waals surface area contributed by atoms with Gasteiger partial charge in [-0.15, -0.1) is 0 Å². The van der Waals surface area contributed by atoms with Crippen molar-refractivity contribution in [2.24, 2.45) is 90.7 Å². The van der Waals surface area contributed by atoms with E-state index in [1.807, 2.05) is 55.4 Å². The van der Waals surface area contributed by atoms with Crippen LogP contribution in [-0.2, 0) is 0 Å². The van der Waals surface area contributed by atoms with Crippen LogP contribution in [0.25, 0.3) is 0 Å². The van der Waals surface area contributed by atoms with Gasteiger partial charge in [0.25, 0.3) is 0 Å². The molecule has 8 bridgehead atoms. The lowest BCUT2D eigenvalue weighted by Crippen LogP contribution is -2.66. The van der Waals surface area contributed by atoms with Crippen LogP contribution in [0.5, 0.6) is 0 Å². The summed E-state index contributed by atoms with van der Waals surface area (Å²) in [6.07, 6.45) is 27.4. The largest absolute Gasteiger partial charge is 0.0776 e. The van der Waals surface area contributed by atoms with Gasteiger partial charge in [-0.3, -0.25) is 0 Å². The van der Waals surface area contributed by atoms with Crippen LogP contribution in [0.4, 0.5) is 0 Å². The van der Waals surface area contributed by atoms with Crippen molar-refractivity contribution >= 4 is 0 Å². The Morgan fingerprint density at radius 1 is 0.200 bits per heavy atom. The second kappa shape index (κ2) is 24.5. The second-order valence-electron chi connectivity index (χ2n) is 24.2. The van der Waals surface area contributed by atoms with Crippen LogP contribution < -0.4 is 0 Å². The minimum atomic E-state index is 0. The quantitative estimate of drug-likeness (QED) is 0.228. The summed E-state index contributed by atoms with van der Waals surface area (Å²) in [6.45, 7) is 54.7. The zero-order chi connectivity index (χ0) is 45.3. The van der Waals surface area contributed by atoms with E-state index in [4.69, 9.17) is 0 Å². The Morgan fingerprint density at radius 3 is 0.483 bits per heavy atom. The summed E-state index contributed by atoms with van der Waals surface area (Å²) in [4.78, 5) is 0. The fourth-order valence-electron chi connectivity index (χ4n) is 14.6. The van der Waals surface area contributed by atoms with Crippen LogP contribution in [0.15, 0.2) is 0 Å². The predicted octanol–water partition coefficient (Wildman–Crippen LogP) is 21.6. The van der Waals surface area contributed by atoms with E-state index in [2.05, 4.69) is 111 Å². The summed E-state index contributed by atoms with van der Waals surface area (Å²) in [5.74, 6) is 7.37. The SMILES string of the molecule is C.C.CC.CC.CC.CC.CC(C)C12CC(C(C)C)(C1)C2.CC(C)C12CCC(C(C)C)(C1)C2.CC(C)C12CCC(C(C)C)(CC1)CC2.CC(C)C12CCCC(C(C)C)(C1)C2. The van der Waals surface area contributed by atoms with Gasteiger partial charge in [-0.1, -0.05) is 187 Å². The summed E-state index contributed by atoms with van der Waals surface area (Å²) in [5.41, 5.74) is 6.21. The standard InChI is InChI=1S/C14H26.C13H24.C12H22.C11H20.4C2H6.2CH4/c1-11(2)13-5-8-14(9-6-13,10-7-13)12(3)4;1-10(2)12-6-5-7-13(8-12,9-12)11(3)4;1-9(2)11-5-6-12(7-11,8-11)10(3)4;1-8(2)10-5-11(6-10,7-10)9(3)4;4*1-2;;/h11-12H,5-10H2,1-4H3;10-11H,5-9H2,1-4H3;9-10H,5-8H2,1-4H3;8-9H,5-7H2,1-4H3;4*1-2H3;2*1H4. The van der Waals surface area contributed by atoms with Crippen molar-refractivity contribution in [3.63, 3.8) is 0 Å². The molecule has 0 nitrogen and oxygen atoms in total. The zero-order valence-corrected chi connectivity index (χ0v) is 45.3. The Hall–Kier alpha value is 0. The maximum absolute atomic E-state index is 2.44. The maximum atomic E-state index is 2.44. The third-order valence-corrected chi connectivity index (χ3v) is 20.6. The lowest BCUT2D eigenvalue weighted by atomic mass is 9.30. The molecule has 0 heteroatoms. The molecule has 60 heavy (non-hydrogen) atoms. The van der Waals surface area contributed by atoms with E-state index in [0.717, 1.165) is 90.7 Å². The molecule has 0 heterocycles. The van der Waals surface area contributed by atoms with Crippen molar-refractivity contribution in [1.29, 1.82) is 0 Å². The van der Waals surface area contributed by atoms with Crippen molar-refractivity contribution in [2.75, 3.05) is 0 Å². The molecule has 0 aromatic heterocycles. The van der Waals surface area contributed by atoms with Gasteiger partial charge in [-0.05, 0) is 200 Å². The number of fused-ring (bicyclic) bond motifs is 6. The van der Waals surface area contributed by atoms with Crippen molar-refractivity contribution in [3.8, 4) is 0 Å². The molecular formula is C60H124. The predicted molar refractivity (Wildman–Crippen MR) is 280 cm³/mol. The highest BCUT2D eigenvalue weighted by Gasteiger charge is 2.69. The van der Waals surface area contributed by atoms with E-state index >= 15 is 0 Å². The van der Waals surface area contributed by atoms with E-state index in [-0.39, 0.29) is 14.9 Å². The van der Waals surface area contributed by atoms with Crippen LogP contribution >= 0.6 is 0 Å². The Bertz CT molecular complexity index is 998. The van der Waals surface area contributed by atoms with Crippen molar-refractivity contribution < 1.29 is 0 Å². The third-order valence-electron chi connectivity index (χ3n) is 20.6. The number of hydrogen-bond acceptors (Lipinski definition) is 0. The van der Waals surface area contributed by atoms with Gasteiger partial charge in [-0.25, -0.2) is 0 Å². The summed E-state index contributed by atoms with van der Waals surface area (Å²) in [5, 5.41) is 0. The highest BCUT2D eigenvalue weighted by molar-refractivity contribution is 5.19. The molecule has 0 aliphatic heterocycles. The first-order valence-electron chi connectivity index (χ1n) is 27.0. The van der Waals surface area contributed by atoms with Gasteiger partial charge < -0.3 is 0 Å². The minimum Gasteiger partial charge on any atom is -0.0776 e. The van der Waals surface area contributed by atoms with E-state index in [1.165, 1.54) is 116 Å². The smallest absolute Gasteiger partial charge is 0.0258 e. The first-order chi connectivity index (χ1) is 27.0. The lowest BCUT2D eigenvalue weighted by molar-refractivity contribution is -0.252. The maximum Gasteiger partial charge on any atom is -0.0258 e. The van der Waals surface area contributed by atoms with Crippen molar-refractivity contribution in [2.45, 2.75) is 297 Å². The van der Waals surface area contributed by atoms with Gasteiger partial charge in [0.15, 0.2) is 0 Å². The average molecular weight is 846 g/mol. The fourth-order valence-corrected chi connectivity index (χ4v) is 14.6. The summed E-state index contributed by atoms with van der Waals surface area (Å²) in [7, 11) is 0. The molecule has 0 radical (unpaired) electrons. The summed E-state index contributed by atoms with van der Waals surface area (Å²) < 4.78 is 0. The van der Waals surface area contributed by atoms with Gasteiger partial charge in [0.1, 0.15) is 0 Å². The van der Waals surface area contributed by atoms with E-state index in [0.29, 0.717) is 0 Å². The van der Waals surface area contributed by atoms with E-state index < -0.39 is 0 Å². The first-order valence-corrected chi connectivity index (χ1v) is 27.0. The van der Waals surface area contributed by atoms with Crippen LogP contribution in [0.1, 0.15) is 297 Å². The minimum absolute atomic E-state index is 0. The Labute approximate surface area is 385 Å². The monoisotopic (exact) mass is 845 g/mol. The first kappa shape index (κ1) is 62.1. The molecule has 0 aromatic carbocycles. The number of rotatable bonds is 8. The van der Waals surface area contributed by atoms with Crippen LogP contribution in [0, 0.1) is 90.7 Å². The molecule has 12 saturated carbocycles. The molecule has 12 aliphatic carbocycles. The molecule has 0 atom stereocenters. The van der Waals surface area contributed by atoms with Gasteiger partial charge >= 0.3 is 0 Å². The molecule has 0 aromatic rings.